The maximum atomic E-state index is 12.8. The van der Waals surface area contributed by atoms with Gasteiger partial charge in [-0.1, -0.05) is 6.07 Å². The molecule has 1 aliphatic heterocycles. The molecule has 2 aromatic heterocycles. The number of aromatic nitrogens is 3. The second-order valence-corrected chi connectivity index (χ2v) is 6.90. The number of piperidine rings is 1. The van der Waals surface area contributed by atoms with Crippen molar-refractivity contribution in [3.63, 3.8) is 0 Å². The Kier molecular flexibility index (Phi) is 5.65. The number of nitrogens with zero attached hydrogens (tertiary/aromatic N) is 4. The van der Waals surface area contributed by atoms with E-state index in [1.165, 1.54) is 0 Å². The number of likely N-dealkylation sites (tertiary alicyclic amines) is 1. The van der Waals surface area contributed by atoms with Gasteiger partial charge in [0.05, 0.1) is 24.6 Å². The summed E-state index contributed by atoms with van der Waals surface area (Å²) >= 11 is 0. The van der Waals surface area contributed by atoms with Crippen molar-refractivity contribution >= 4 is 5.91 Å². The third-order valence-electron chi connectivity index (χ3n) is 4.93. The Balaban J connectivity index is 1.48. The number of methoxy groups -OCH3 is 1. The van der Waals surface area contributed by atoms with Crippen LogP contribution in [0.5, 0.6) is 17.4 Å². The van der Waals surface area contributed by atoms with Crippen molar-refractivity contribution in [2.45, 2.75) is 18.8 Å². The van der Waals surface area contributed by atoms with Gasteiger partial charge in [0.1, 0.15) is 11.5 Å². The normalized spacial score (nSPS) is 16.3. The molecule has 1 aromatic carbocycles. The van der Waals surface area contributed by atoms with Gasteiger partial charge in [-0.25, -0.2) is 4.98 Å². The number of benzene rings is 1. The van der Waals surface area contributed by atoms with Gasteiger partial charge in [-0.15, -0.1) is 0 Å². The second kappa shape index (κ2) is 8.68. The van der Waals surface area contributed by atoms with E-state index < -0.39 is 0 Å². The van der Waals surface area contributed by atoms with Crippen LogP contribution in [0.25, 0.3) is 0 Å². The van der Waals surface area contributed by atoms with E-state index in [1.807, 2.05) is 23.1 Å². The molecule has 4 rings (SSSR count). The van der Waals surface area contributed by atoms with E-state index in [9.17, 15) is 4.79 Å². The van der Waals surface area contributed by atoms with E-state index in [1.54, 1.807) is 50.1 Å². The Morgan fingerprint density at radius 3 is 2.83 bits per heavy atom. The fourth-order valence-corrected chi connectivity index (χ4v) is 3.47. The largest absolute Gasteiger partial charge is 0.497 e. The minimum Gasteiger partial charge on any atom is -0.497 e. The summed E-state index contributed by atoms with van der Waals surface area (Å²) in [6, 6.07) is 10.9. The first kappa shape index (κ1) is 18.9. The molecule has 3 aromatic rings. The predicted molar refractivity (Wildman–Crippen MR) is 107 cm³/mol. The molecule has 0 N–H and O–H groups in total. The first-order valence-corrected chi connectivity index (χ1v) is 9.56. The van der Waals surface area contributed by atoms with Crippen molar-refractivity contribution in [1.29, 1.82) is 0 Å². The fraction of sp³-hybridized carbons (Fsp3) is 0.273. The topological polar surface area (TPSA) is 77.4 Å². The van der Waals surface area contributed by atoms with Crippen LogP contribution in [-0.4, -0.2) is 46.0 Å². The number of amides is 1. The quantitative estimate of drug-likeness (QED) is 0.661. The molecule has 0 bridgehead atoms. The fourth-order valence-electron chi connectivity index (χ4n) is 3.47. The van der Waals surface area contributed by atoms with Gasteiger partial charge in [0.15, 0.2) is 0 Å². The maximum Gasteiger partial charge on any atom is 0.255 e. The minimum absolute atomic E-state index is 0.000422. The van der Waals surface area contributed by atoms with Gasteiger partial charge in [-0.2, -0.15) is 0 Å². The Labute approximate surface area is 169 Å². The maximum absolute atomic E-state index is 12.8. The van der Waals surface area contributed by atoms with Gasteiger partial charge in [0, 0.05) is 43.7 Å². The van der Waals surface area contributed by atoms with Crippen molar-refractivity contribution in [3.05, 3.63) is 72.4 Å². The molecule has 1 aliphatic rings. The van der Waals surface area contributed by atoms with Crippen molar-refractivity contribution in [3.8, 4) is 17.4 Å². The SMILES string of the molecule is COc1cccc(Oc2cncc(C3CCCN(C(=O)c4cccnc4)C3)n2)c1. The smallest absolute Gasteiger partial charge is 0.255 e. The lowest BCUT2D eigenvalue weighted by molar-refractivity contribution is 0.0705. The molecule has 1 unspecified atom stereocenters. The molecule has 1 saturated heterocycles. The average molecular weight is 390 g/mol. The lowest BCUT2D eigenvalue weighted by atomic mass is 9.94. The summed E-state index contributed by atoms with van der Waals surface area (Å²) in [5.41, 5.74) is 1.43. The highest BCUT2D eigenvalue weighted by molar-refractivity contribution is 5.94. The minimum atomic E-state index is -0.000422. The second-order valence-electron chi connectivity index (χ2n) is 6.90. The standard InChI is InChI=1S/C22H22N4O3/c1-28-18-7-2-8-19(11-18)29-21-14-24-13-20(25-21)17-6-4-10-26(15-17)22(27)16-5-3-9-23-12-16/h2-3,5,7-9,11-14,17H,4,6,10,15H2,1H3. The molecule has 3 heterocycles. The zero-order chi connectivity index (χ0) is 20.1. The molecule has 29 heavy (non-hydrogen) atoms. The van der Waals surface area contributed by atoms with Crippen LogP contribution < -0.4 is 9.47 Å². The zero-order valence-electron chi connectivity index (χ0n) is 16.2. The van der Waals surface area contributed by atoms with Gasteiger partial charge >= 0.3 is 0 Å². The summed E-state index contributed by atoms with van der Waals surface area (Å²) in [6.07, 6.45) is 8.48. The van der Waals surface area contributed by atoms with E-state index in [4.69, 9.17) is 9.47 Å². The number of hydrogen-bond acceptors (Lipinski definition) is 6. The van der Waals surface area contributed by atoms with E-state index in [0.29, 0.717) is 29.5 Å². The molecule has 148 valence electrons. The molecule has 0 aliphatic carbocycles. The number of hydrogen-bond donors (Lipinski definition) is 0. The van der Waals surface area contributed by atoms with Gasteiger partial charge in [0.25, 0.3) is 5.91 Å². The van der Waals surface area contributed by atoms with E-state index in [2.05, 4.69) is 15.0 Å². The van der Waals surface area contributed by atoms with Gasteiger partial charge < -0.3 is 14.4 Å². The average Bonchev–Trinajstić information content (AvgIpc) is 2.79. The highest BCUT2D eigenvalue weighted by Gasteiger charge is 2.27. The Morgan fingerprint density at radius 1 is 1.10 bits per heavy atom. The third-order valence-corrected chi connectivity index (χ3v) is 4.93. The van der Waals surface area contributed by atoms with Gasteiger partial charge in [-0.05, 0) is 37.1 Å². The van der Waals surface area contributed by atoms with Crippen molar-refractivity contribution in [2.75, 3.05) is 20.2 Å². The summed E-state index contributed by atoms with van der Waals surface area (Å²) in [7, 11) is 1.61. The summed E-state index contributed by atoms with van der Waals surface area (Å²) in [5, 5.41) is 0. The molecule has 1 amide bonds. The van der Waals surface area contributed by atoms with E-state index in [-0.39, 0.29) is 11.8 Å². The molecule has 1 atom stereocenters. The zero-order valence-corrected chi connectivity index (χ0v) is 16.2. The van der Waals surface area contributed by atoms with Crippen LogP contribution in [0.2, 0.25) is 0 Å². The van der Waals surface area contributed by atoms with Gasteiger partial charge in [0.2, 0.25) is 5.88 Å². The number of rotatable bonds is 5. The molecular weight excluding hydrogens is 368 g/mol. The van der Waals surface area contributed by atoms with Crippen LogP contribution in [0.1, 0.15) is 34.8 Å². The Morgan fingerprint density at radius 2 is 2.00 bits per heavy atom. The Bertz CT molecular complexity index is 981. The van der Waals surface area contributed by atoms with Crippen LogP contribution in [0.4, 0.5) is 0 Å². The highest BCUT2D eigenvalue weighted by Crippen LogP contribution is 2.29. The molecule has 0 saturated carbocycles. The number of carbonyl (C=O) groups is 1. The predicted octanol–water partition coefficient (Wildman–Crippen LogP) is 3.69. The van der Waals surface area contributed by atoms with Crippen LogP contribution in [0, 0.1) is 0 Å². The molecular formula is C22H22N4O3. The molecule has 7 heteroatoms. The van der Waals surface area contributed by atoms with E-state index >= 15 is 0 Å². The molecule has 0 radical (unpaired) electrons. The van der Waals surface area contributed by atoms with Crippen molar-refractivity contribution < 1.29 is 14.3 Å². The lowest BCUT2D eigenvalue weighted by Crippen LogP contribution is -2.39. The third kappa shape index (κ3) is 4.51. The van der Waals surface area contributed by atoms with Crippen LogP contribution >= 0.6 is 0 Å². The van der Waals surface area contributed by atoms with Crippen molar-refractivity contribution in [2.24, 2.45) is 0 Å². The molecule has 0 spiro atoms. The van der Waals surface area contributed by atoms with Crippen molar-refractivity contribution in [1.82, 2.24) is 19.9 Å². The summed E-state index contributed by atoms with van der Waals surface area (Å²) < 4.78 is 11.1. The van der Waals surface area contributed by atoms with Crippen LogP contribution in [-0.2, 0) is 0 Å². The lowest BCUT2D eigenvalue weighted by Gasteiger charge is -2.32. The monoisotopic (exact) mass is 390 g/mol. The summed E-state index contributed by atoms with van der Waals surface area (Å²) in [6.45, 7) is 1.34. The first-order valence-electron chi connectivity index (χ1n) is 9.56. The van der Waals surface area contributed by atoms with E-state index in [0.717, 1.165) is 25.1 Å². The van der Waals surface area contributed by atoms with Gasteiger partial charge in [-0.3, -0.25) is 14.8 Å². The van der Waals surface area contributed by atoms with Crippen LogP contribution in [0.3, 0.4) is 0 Å². The Hall–Kier alpha value is -3.48. The number of pyridine rings is 1. The number of carbonyl (C=O) groups excluding carboxylic acids is 1. The first-order chi connectivity index (χ1) is 14.2. The van der Waals surface area contributed by atoms with Crippen LogP contribution in [0.15, 0.2) is 61.2 Å². The molecule has 7 nitrogen and oxygen atoms in total. The highest BCUT2D eigenvalue weighted by atomic mass is 16.5. The number of ether oxygens (including phenoxy) is 2. The summed E-state index contributed by atoms with van der Waals surface area (Å²) in [5.74, 6) is 1.88. The molecule has 1 fully saturated rings. The summed E-state index contributed by atoms with van der Waals surface area (Å²) in [4.78, 5) is 27.6.